The summed E-state index contributed by atoms with van der Waals surface area (Å²) in [7, 11) is -3.49. The number of nitrogens with zero attached hydrogens (tertiary/aromatic N) is 2. The Bertz CT molecular complexity index is 524. The van der Waals surface area contributed by atoms with Crippen molar-refractivity contribution in [3.63, 3.8) is 0 Å². The minimum Gasteiger partial charge on any atom is -0.370 e. The van der Waals surface area contributed by atoms with Crippen LogP contribution in [0.1, 0.15) is 41.0 Å². The Balaban J connectivity index is 2.99. The van der Waals surface area contributed by atoms with Gasteiger partial charge in [-0.3, -0.25) is 0 Å². The van der Waals surface area contributed by atoms with Crippen molar-refractivity contribution in [1.82, 2.24) is 9.29 Å². The van der Waals surface area contributed by atoms with E-state index in [-0.39, 0.29) is 16.9 Å². The monoisotopic (exact) mass is 313 g/mol. The van der Waals surface area contributed by atoms with Gasteiger partial charge < -0.3 is 5.32 Å². The molecule has 1 heterocycles. The van der Waals surface area contributed by atoms with Gasteiger partial charge in [0.2, 0.25) is 10.0 Å². The molecule has 0 unspecified atom stereocenters. The molecule has 6 heteroatoms. The van der Waals surface area contributed by atoms with Crippen molar-refractivity contribution in [2.75, 3.05) is 18.4 Å². The molecule has 21 heavy (non-hydrogen) atoms. The van der Waals surface area contributed by atoms with Crippen LogP contribution in [0, 0.1) is 5.92 Å². The van der Waals surface area contributed by atoms with Gasteiger partial charge in [0.25, 0.3) is 0 Å². The largest absolute Gasteiger partial charge is 0.370 e. The third-order valence-electron chi connectivity index (χ3n) is 3.02. The maximum absolute atomic E-state index is 12.7. The second kappa shape index (κ2) is 7.75. The molecule has 0 saturated carbocycles. The first-order chi connectivity index (χ1) is 9.78. The van der Waals surface area contributed by atoms with Crippen LogP contribution in [0.25, 0.3) is 0 Å². The molecule has 120 valence electrons. The standard InChI is InChI=1S/C15H27N3O2S/c1-6-9-16-15-8-7-14(10-17-15)21(19,20)18(13(4)5)11-12(2)3/h7-8,10,12-13H,6,9,11H2,1-5H3,(H,16,17). The molecule has 0 spiro atoms. The third-order valence-corrected chi connectivity index (χ3v) is 5.05. The van der Waals surface area contributed by atoms with Gasteiger partial charge in [-0.05, 0) is 38.3 Å². The second-order valence-electron chi connectivity index (χ2n) is 5.87. The Morgan fingerprint density at radius 3 is 2.33 bits per heavy atom. The van der Waals surface area contributed by atoms with E-state index in [1.807, 2.05) is 27.7 Å². The summed E-state index contributed by atoms with van der Waals surface area (Å²) in [5.74, 6) is 0.983. The first-order valence-corrected chi connectivity index (χ1v) is 8.94. The lowest BCUT2D eigenvalue weighted by atomic mass is 10.2. The molecule has 1 rings (SSSR count). The van der Waals surface area contributed by atoms with Gasteiger partial charge in [-0.2, -0.15) is 4.31 Å². The van der Waals surface area contributed by atoms with Gasteiger partial charge in [0.1, 0.15) is 10.7 Å². The highest BCUT2D eigenvalue weighted by Crippen LogP contribution is 2.20. The lowest BCUT2D eigenvalue weighted by Crippen LogP contribution is -2.39. The van der Waals surface area contributed by atoms with Crippen molar-refractivity contribution in [3.8, 4) is 0 Å². The number of hydrogen-bond donors (Lipinski definition) is 1. The van der Waals surface area contributed by atoms with E-state index in [4.69, 9.17) is 0 Å². The van der Waals surface area contributed by atoms with Gasteiger partial charge in [-0.25, -0.2) is 13.4 Å². The SMILES string of the molecule is CCCNc1ccc(S(=O)(=O)N(CC(C)C)C(C)C)cn1. The van der Waals surface area contributed by atoms with Crippen molar-refractivity contribution in [2.45, 2.75) is 52.0 Å². The average molecular weight is 313 g/mol. The van der Waals surface area contributed by atoms with Crippen LogP contribution < -0.4 is 5.32 Å². The summed E-state index contributed by atoms with van der Waals surface area (Å²) in [4.78, 5) is 4.44. The fraction of sp³-hybridized carbons (Fsp3) is 0.667. The zero-order valence-corrected chi connectivity index (χ0v) is 14.4. The summed E-state index contributed by atoms with van der Waals surface area (Å²) in [5.41, 5.74) is 0. The first-order valence-electron chi connectivity index (χ1n) is 7.50. The van der Waals surface area contributed by atoms with Gasteiger partial charge in [0.05, 0.1) is 0 Å². The number of aromatic nitrogens is 1. The summed E-state index contributed by atoms with van der Waals surface area (Å²) in [6.07, 6.45) is 2.43. The molecular formula is C15H27N3O2S. The van der Waals surface area contributed by atoms with Crippen LogP contribution in [0.3, 0.4) is 0 Å². The summed E-state index contributed by atoms with van der Waals surface area (Å²) in [6, 6.07) is 3.27. The van der Waals surface area contributed by atoms with Crippen LogP contribution >= 0.6 is 0 Å². The van der Waals surface area contributed by atoms with E-state index in [0.717, 1.165) is 13.0 Å². The van der Waals surface area contributed by atoms with Crippen molar-refractivity contribution in [3.05, 3.63) is 18.3 Å². The van der Waals surface area contributed by atoms with Gasteiger partial charge in [-0.1, -0.05) is 20.8 Å². The van der Waals surface area contributed by atoms with Crippen molar-refractivity contribution < 1.29 is 8.42 Å². The normalized spacial score (nSPS) is 12.4. The summed E-state index contributed by atoms with van der Waals surface area (Å²) in [5, 5.41) is 3.14. The van der Waals surface area contributed by atoms with Crippen LogP contribution in [-0.2, 0) is 10.0 Å². The number of pyridine rings is 1. The minimum absolute atomic E-state index is 0.0738. The second-order valence-corrected chi connectivity index (χ2v) is 7.76. The number of anilines is 1. The zero-order valence-electron chi connectivity index (χ0n) is 13.6. The van der Waals surface area contributed by atoms with Gasteiger partial charge in [0.15, 0.2) is 0 Å². The molecule has 1 N–H and O–H groups in total. The Hall–Kier alpha value is -1.14. The van der Waals surface area contributed by atoms with Crippen LogP contribution in [0.15, 0.2) is 23.2 Å². The van der Waals surface area contributed by atoms with Crippen LogP contribution in [-0.4, -0.2) is 36.8 Å². The Morgan fingerprint density at radius 2 is 1.90 bits per heavy atom. The lowest BCUT2D eigenvalue weighted by molar-refractivity contribution is 0.319. The quantitative estimate of drug-likeness (QED) is 0.801. The Kier molecular flexibility index (Phi) is 6.61. The van der Waals surface area contributed by atoms with Gasteiger partial charge >= 0.3 is 0 Å². The van der Waals surface area contributed by atoms with E-state index in [1.54, 1.807) is 12.1 Å². The highest BCUT2D eigenvalue weighted by molar-refractivity contribution is 7.89. The molecule has 0 aliphatic heterocycles. The molecular weight excluding hydrogens is 286 g/mol. The fourth-order valence-electron chi connectivity index (χ4n) is 1.97. The molecule has 0 fully saturated rings. The first kappa shape index (κ1) is 17.9. The highest BCUT2D eigenvalue weighted by atomic mass is 32.2. The van der Waals surface area contributed by atoms with Crippen molar-refractivity contribution in [2.24, 2.45) is 5.92 Å². The molecule has 0 aromatic carbocycles. The molecule has 5 nitrogen and oxygen atoms in total. The summed E-state index contributed by atoms with van der Waals surface area (Å²) in [6.45, 7) is 11.2. The highest BCUT2D eigenvalue weighted by Gasteiger charge is 2.27. The average Bonchev–Trinajstić information content (AvgIpc) is 2.42. The molecule has 0 bridgehead atoms. The molecule has 0 aliphatic rings. The number of hydrogen-bond acceptors (Lipinski definition) is 4. The van der Waals surface area contributed by atoms with Crippen LogP contribution in [0.5, 0.6) is 0 Å². The molecule has 0 radical (unpaired) electrons. The maximum atomic E-state index is 12.7. The molecule has 0 atom stereocenters. The molecule has 1 aromatic rings. The van der Waals surface area contributed by atoms with Crippen molar-refractivity contribution in [1.29, 1.82) is 0 Å². The molecule has 1 aromatic heterocycles. The van der Waals surface area contributed by atoms with Crippen LogP contribution in [0.4, 0.5) is 5.82 Å². The van der Waals surface area contributed by atoms with Gasteiger partial charge in [-0.15, -0.1) is 0 Å². The van der Waals surface area contributed by atoms with Crippen LogP contribution in [0.2, 0.25) is 0 Å². The number of rotatable bonds is 8. The minimum atomic E-state index is -3.49. The zero-order chi connectivity index (χ0) is 16.0. The van der Waals surface area contributed by atoms with E-state index in [1.165, 1.54) is 10.5 Å². The third kappa shape index (κ3) is 4.97. The topological polar surface area (TPSA) is 62.3 Å². The molecule has 0 aliphatic carbocycles. The van der Waals surface area contributed by atoms with E-state index >= 15 is 0 Å². The van der Waals surface area contributed by atoms with Gasteiger partial charge in [0, 0.05) is 25.3 Å². The summed E-state index contributed by atoms with van der Waals surface area (Å²) >= 11 is 0. The predicted molar refractivity (Wildman–Crippen MR) is 86.9 cm³/mol. The maximum Gasteiger partial charge on any atom is 0.244 e. The molecule has 0 amide bonds. The lowest BCUT2D eigenvalue weighted by Gasteiger charge is -2.27. The van der Waals surface area contributed by atoms with Crippen molar-refractivity contribution >= 4 is 15.8 Å². The number of sulfonamides is 1. The Morgan fingerprint density at radius 1 is 1.24 bits per heavy atom. The van der Waals surface area contributed by atoms with E-state index < -0.39 is 10.0 Å². The van der Waals surface area contributed by atoms with E-state index in [9.17, 15) is 8.42 Å². The fourth-order valence-corrected chi connectivity index (χ4v) is 3.72. The summed E-state index contributed by atoms with van der Waals surface area (Å²) < 4.78 is 26.9. The number of nitrogens with one attached hydrogen (secondary N) is 1. The molecule has 0 saturated heterocycles. The predicted octanol–water partition coefficient (Wildman–Crippen LogP) is 2.96. The Labute approximate surface area is 128 Å². The smallest absolute Gasteiger partial charge is 0.244 e. The van der Waals surface area contributed by atoms with E-state index in [0.29, 0.717) is 12.4 Å². The van der Waals surface area contributed by atoms with E-state index in [2.05, 4.69) is 17.2 Å².